The molecule has 5 aromatic rings. The molecular formula is C30H22ClF3N5O6+. The number of nitrogens with zero attached hydrogens (tertiary/aromatic N) is 5. The number of fused-ring (bicyclic) bond motifs is 2. The molecule has 0 spiro atoms. The first-order valence-corrected chi connectivity index (χ1v) is 13.8. The molecule has 45 heavy (non-hydrogen) atoms. The van der Waals surface area contributed by atoms with Crippen molar-refractivity contribution in [3.05, 3.63) is 115 Å². The number of hydrogen-bond acceptors (Lipinski definition) is 7. The second kappa shape index (κ2) is 11.3. The van der Waals surface area contributed by atoms with Crippen molar-refractivity contribution in [2.24, 2.45) is 7.05 Å². The van der Waals surface area contributed by atoms with Gasteiger partial charge in [-0.2, -0.15) is 4.98 Å². The molecule has 2 aromatic heterocycles. The van der Waals surface area contributed by atoms with E-state index in [1.807, 2.05) is 0 Å². The van der Waals surface area contributed by atoms with Crippen LogP contribution in [0.25, 0.3) is 11.2 Å². The molecule has 6 rings (SSSR count). The first kappa shape index (κ1) is 29.7. The van der Waals surface area contributed by atoms with Gasteiger partial charge in [-0.15, -0.1) is 13.2 Å². The van der Waals surface area contributed by atoms with Crippen LogP contribution in [0.15, 0.2) is 82.4 Å². The van der Waals surface area contributed by atoms with Crippen molar-refractivity contribution in [1.82, 2.24) is 23.6 Å². The Morgan fingerprint density at radius 1 is 0.822 bits per heavy atom. The number of aryl methyl sites for hydroxylation is 1. The van der Waals surface area contributed by atoms with Gasteiger partial charge in [0.25, 0.3) is 17.4 Å². The molecule has 0 saturated heterocycles. The minimum absolute atomic E-state index is 0.00599. The minimum Gasteiger partial charge on any atom is -0.425 e. The van der Waals surface area contributed by atoms with Crippen LogP contribution in [-0.2, 0) is 20.1 Å². The zero-order valence-corrected chi connectivity index (χ0v) is 24.1. The number of imide groups is 1. The maximum atomic E-state index is 13.9. The monoisotopic (exact) mass is 640 g/mol. The fraction of sp³-hybridized carbons (Fsp3) is 0.167. The predicted octanol–water partition coefficient (Wildman–Crippen LogP) is 3.63. The molecule has 230 valence electrons. The molecule has 0 bridgehead atoms. The largest absolute Gasteiger partial charge is 0.573 e. The SMILES string of the molecule is Cn1c(=O)n(CCN2C(=O)c3ccccc3C2=O)c(=O)c2c1nc(Oc1cccc(OC(F)(F)F)c1)n2Cc1ccc([ClH+])cc1. The van der Waals surface area contributed by atoms with E-state index >= 15 is 0 Å². The summed E-state index contributed by atoms with van der Waals surface area (Å²) in [5.74, 6) is -1.69. The van der Waals surface area contributed by atoms with E-state index in [4.69, 9.17) is 16.3 Å². The lowest BCUT2D eigenvalue weighted by molar-refractivity contribution is -0.288. The van der Waals surface area contributed by atoms with Gasteiger partial charge in [-0.1, -0.05) is 30.3 Å². The Morgan fingerprint density at radius 3 is 2.11 bits per heavy atom. The van der Waals surface area contributed by atoms with Crippen molar-refractivity contribution in [3.8, 4) is 17.5 Å². The van der Waals surface area contributed by atoms with Crippen molar-refractivity contribution in [2.45, 2.75) is 19.5 Å². The van der Waals surface area contributed by atoms with Crippen LogP contribution < -0.4 is 20.7 Å². The highest BCUT2D eigenvalue weighted by atomic mass is 35.5. The van der Waals surface area contributed by atoms with Crippen molar-refractivity contribution >= 4 is 23.0 Å². The highest BCUT2D eigenvalue weighted by Crippen LogP contribution is 2.30. The molecule has 2 amide bonds. The topological polar surface area (TPSA) is 118 Å². The van der Waals surface area contributed by atoms with Gasteiger partial charge in [-0.25, -0.2) is 4.79 Å². The van der Waals surface area contributed by atoms with Gasteiger partial charge in [0.15, 0.2) is 22.8 Å². The van der Waals surface area contributed by atoms with E-state index in [0.717, 1.165) is 26.2 Å². The van der Waals surface area contributed by atoms with E-state index in [2.05, 4.69) is 9.72 Å². The first-order chi connectivity index (χ1) is 21.4. The van der Waals surface area contributed by atoms with Gasteiger partial charge in [0.05, 0.1) is 17.7 Å². The minimum atomic E-state index is -4.93. The molecular weight excluding hydrogens is 619 g/mol. The normalized spacial score (nSPS) is 13.0. The molecule has 3 heterocycles. The molecule has 3 aromatic carbocycles. The molecule has 0 radical (unpaired) electrons. The van der Waals surface area contributed by atoms with E-state index in [1.54, 1.807) is 36.4 Å². The number of alkyl halides is 3. The number of rotatable bonds is 8. The lowest BCUT2D eigenvalue weighted by atomic mass is 10.1. The summed E-state index contributed by atoms with van der Waals surface area (Å²) in [5, 5.41) is 0.574. The Labute approximate surface area is 256 Å². The maximum absolute atomic E-state index is 13.9. The third-order valence-electron chi connectivity index (χ3n) is 7.14. The molecule has 0 fully saturated rings. The summed E-state index contributed by atoms with van der Waals surface area (Å²) in [4.78, 5) is 58.3. The van der Waals surface area contributed by atoms with E-state index < -0.39 is 35.2 Å². The van der Waals surface area contributed by atoms with Crippen LogP contribution >= 0.6 is 0 Å². The lowest BCUT2D eigenvalue weighted by Gasteiger charge is -2.15. The fourth-order valence-corrected chi connectivity index (χ4v) is 5.17. The molecule has 15 heteroatoms. The number of ether oxygens (including phenoxy) is 2. The van der Waals surface area contributed by atoms with Crippen LogP contribution in [0.4, 0.5) is 13.2 Å². The first-order valence-electron chi connectivity index (χ1n) is 13.4. The van der Waals surface area contributed by atoms with Crippen LogP contribution in [0.1, 0.15) is 26.3 Å². The van der Waals surface area contributed by atoms with Gasteiger partial charge < -0.3 is 9.47 Å². The molecule has 0 atom stereocenters. The highest BCUT2D eigenvalue weighted by molar-refractivity contribution is 6.21. The van der Waals surface area contributed by atoms with Crippen molar-refractivity contribution in [2.75, 3.05) is 6.54 Å². The summed E-state index contributed by atoms with van der Waals surface area (Å²) < 4.78 is 51.7. The summed E-state index contributed by atoms with van der Waals surface area (Å²) in [6.07, 6.45) is -4.93. The Bertz CT molecular complexity index is 2070. The van der Waals surface area contributed by atoms with Crippen LogP contribution in [0.3, 0.4) is 0 Å². The summed E-state index contributed by atoms with van der Waals surface area (Å²) in [5.41, 5.74) is -0.523. The van der Waals surface area contributed by atoms with Crippen LogP contribution in [-0.4, -0.2) is 48.3 Å². The number of benzene rings is 3. The van der Waals surface area contributed by atoms with Crippen LogP contribution in [0.2, 0.25) is 5.02 Å². The van der Waals surface area contributed by atoms with Gasteiger partial charge in [0, 0.05) is 38.3 Å². The number of imidazole rings is 1. The third kappa shape index (κ3) is 5.67. The third-order valence-corrected chi connectivity index (χ3v) is 7.41. The Morgan fingerprint density at radius 2 is 1.47 bits per heavy atom. The van der Waals surface area contributed by atoms with Crippen molar-refractivity contribution in [3.63, 3.8) is 0 Å². The zero-order valence-electron chi connectivity index (χ0n) is 23.3. The van der Waals surface area contributed by atoms with Crippen molar-refractivity contribution < 1.29 is 43.8 Å². The Balaban J connectivity index is 1.42. The molecule has 1 aliphatic rings. The van der Waals surface area contributed by atoms with E-state index in [1.165, 1.54) is 35.9 Å². The highest BCUT2D eigenvalue weighted by Gasteiger charge is 2.35. The van der Waals surface area contributed by atoms with Gasteiger partial charge >= 0.3 is 18.1 Å². The number of amides is 2. The average Bonchev–Trinajstić information content (AvgIpc) is 3.46. The number of carbonyl (C=O) groups is 2. The van der Waals surface area contributed by atoms with E-state index in [-0.39, 0.29) is 53.7 Å². The second-order valence-corrected chi connectivity index (χ2v) is 10.5. The second-order valence-electron chi connectivity index (χ2n) is 10.0. The molecule has 0 aliphatic carbocycles. The molecule has 11 nitrogen and oxygen atoms in total. The standard InChI is InChI=1S/C30H22ClF3N5O6/c1-36-24-23(27(42)38(29(36)43)14-13-37-25(40)21-7-2-3-8-22(21)26(37)41)39(16-17-9-11-18(31)12-10-17)28(35-24)44-19-5-4-6-20(15-19)45-30(32,33)34/h2-12,15,31H,13-14,16H2,1H3/q+1. The molecule has 0 unspecified atom stereocenters. The number of aromatic nitrogens is 4. The Hall–Kier alpha value is -5.37. The average molecular weight is 641 g/mol. The van der Waals surface area contributed by atoms with E-state index in [9.17, 15) is 32.3 Å². The van der Waals surface area contributed by atoms with Gasteiger partial charge in [0.2, 0.25) is 5.02 Å². The molecule has 0 saturated carbocycles. The molecule has 0 N–H and O–H groups in total. The molecule has 1 aliphatic heterocycles. The van der Waals surface area contributed by atoms with Crippen molar-refractivity contribution in [1.29, 1.82) is 0 Å². The quantitative estimate of drug-likeness (QED) is 0.238. The number of hydrogen-bond donors (Lipinski definition) is 0. The number of carbonyl (C=O) groups excluding carboxylic acids is 2. The summed E-state index contributed by atoms with van der Waals surface area (Å²) in [6.45, 7) is -0.557. The summed E-state index contributed by atoms with van der Waals surface area (Å²) in [7, 11) is 1.38. The van der Waals surface area contributed by atoms with Crippen LogP contribution in [0, 0.1) is 11.6 Å². The van der Waals surface area contributed by atoms with Gasteiger partial charge in [0.1, 0.15) is 11.5 Å². The zero-order chi connectivity index (χ0) is 32.0. The maximum Gasteiger partial charge on any atom is 0.573 e. The summed E-state index contributed by atoms with van der Waals surface area (Å²) >= 11 is 5.16. The lowest BCUT2D eigenvalue weighted by Crippen LogP contribution is -2.43. The van der Waals surface area contributed by atoms with E-state index in [0.29, 0.717) is 10.6 Å². The van der Waals surface area contributed by atoms with Gasteiger partial charge in [-0.3, -0.25) is 33.0 Å². The smallest absolute Gasteiger partial charge is 0.425 e. The summed E-state index contributed by atoms with van der Waals surface area (Å²) in [6, 6.07) is 17.7. The number of halogens is 4. The predicted molar refractivity (Wildman–Crippen MR) is 150 cm³/mol. The van der Waals surface area contributed by atoms with Crippen LogP contribution in [0.5, 0.6) is 17.5 Å². The Kier molecular flexibility index (Phi) is 7.44. The van der Waals surface area contributed by atoms with Gasteiger partial charge in [-0.05, 0) is 29.8 Å². The fourth-order valence-electron chi connectivity index (χ4n) is 5.03.